The van der Waals surface area contributed by atoms with E-state index in [2.05, 4.69) is 5.10 Å². The highest BCUT2D eigenvalue weighted by molar-refractivity contribution is 6.32. The quantitative estimate of drug-likeness (QED) is 0.808. The van der Waals surface area contributed by atoms with Crippen LogP contribution in [0, 0.1) is 0 Å². The van der Waals surface area contributed by atoms with Crippen molar-refractivity contribution < 1.29 is 9.53 Å². The van der Waals surface area contributed by atoms with Crippen LogP contribution in [0.3, 0.4) is 0 Å². The van der Waals surface area contributed by atoms with Gasteiger partial charge in [-0.05, 0) is 24.6 Å². The predicted octanol–water partition coefficient (Wildman–Crippen LogP) is 2.88. The number of nitrogens with zero attached hydrogens (tertiary/aromatic N) is 2. The van der Waals surface area contributed by atoms with E-state index in [1.54, 1.807) is 36.1 Å². The van der Waals surface area contributed by atoms with Crippen LogP contribution in [0.2, 0.25) is 5.02 Å². The molecule has 0 N–H and O–H groups in total. The fourth-order valence-corrected chi connectivity index (χ4v) is 2.14. The second-order valence-corrected chi connectivity index (χ2v) is 4.60. The molecule has 1 aromatic carbocycles. The first-order valence-corrected chi connectivity index (χ1v) is 6.35. The number of ether oxygens (including phenoxy) is 1. The molecule has 0 spiro atoms. The van der Waals surface area contributed by atoms with Crippen molar-refractivity contribution in [2.75, 3.05) is 7.11 Å². The maximum absolute atomic E-state index is 12.5. The number of aryl methyl sites for hydroxylation is 2. The number of benzene rings is 1. The Morgan fingerprint density at radius 1 is 1.47 bits per heavy atom. The molecule has 19 heavy (non-hydrogen) atoms. The van der Waals surface area contributed by atoms with Crippen LogP contribution < -0.4 is 4.74 Å². The molecule has 0 saturated carbocycles. The molecule has 0 bridgehead atoms. The molecule has 0 fully saturated rings. The molecule has 0 aliphatic heterocycles. The summed E-state index contributed by atoms with van der Waals surface area (Å²) < 4.78 is 6.78. The van der Waals surface area contributed by atoms with Crippen LogP contribution in [-0.4, -0.2) is 22.7 Å². The average Bonchev–Trinajstić information content (AvgIpc) is 2.79. The van der Waals surface area contributed by atoms with E-state index < -0.39 is 0 Å². The van der Waals surface area contributed by atoms with E-state index in [-0.39, 0.29) is 5.78 Å². The van der Waals surface area contributed by atoms with Crippen molar-refractivity contribution in [1.29, 1.82) is 0 Å². The summed E-state index contributed by atoms with van der Waals surface area (Å²) in [5.41, 5.74) is 1.96. The Bertz CT molecular complexity index is 620. The van der Waals surface area contributed by atoms with Crippen molar-refractivity contribution >= 4 is 17.4 Å². The summed E-state index contributed by atoms with van der Waals surface area (Å²) in [7, 11) is 3.33. The number of aromatic nitrogens is 2. The summed E-state index contributed by atoms with van der Waals surface area (Å²) in [6, 6.07) is 5.01. The largest absolute Gasteiger partial charge is 0.495 e. The Morgan fingerprint density at radius 2 is 2.21 bits per heavy atom. The van der Waals surface area contributed by atoms with Gasteiger partial charge in [-0.15, -0.1) is 0 Å². The zero-order valence-corrected chi connectivity index (χ0v) is 11.9. The molecular weight excluding hydrogens is 264 g/mol. The molecule has 5 heteroatoms. The molecule has 0 aliphatic rings. The van der Waals surface area contributed by atoms with Gasteiger partial charge in [0.05, 0.1) is 23.4 Å². The van der Waals surface area contributed by atoms with E-state index >= 15 is 0 Å². The normalized spacial score (nSPS) is 10.5. The molecule has 1 heterocycles. The Balaban J connectivity index is 2.43. The van der Waals surface area contributed by atoms with Gasteiger partial charge in [0, 0.05) is 18.8 Å². The van der Waals surface area contributed by atoms with E-state index in [4.69, 9.17) is 16.3 Å². The molecule has 0 radical (unpaired) electrons. The van der Waals surface area contributed by atoms with Gasteiger partial charge in [0.15, 0.2) is 5.78 Å². The zero-order chi connectivity index (χ0) is 14.0. The Kier molecular flexibility index (Phi) is 3.90. The lowest BCUT2D eigenvalue weighted by Crippen LogP contribution is -2.03. The van der Waals surface area contributed by atoms with Gasteiger partial charge in [-0.2, -0.15) is 5.10 Å². The molecule has 100 valence electrons. The summed E-state index contributed by atoms with van der Waals surface area (Å²) in [5.74, 6) is 0.425. The highest BCUT2D eigenvalue weighted by Gasteiger charge is 2.17. The fraction of sp³-hybridized carbons (Fsp3) is 0.286. The first-order valence-electron chi connectivity index (χ1n) is 5.97. The Morgan fingerprint density at radius 3 is 2.84 bits per heavy atom. The summed E-state index contributed by atoms with van der Waals surface area (Å²) in [6.07, 6.45) is 2.45. The molecule has 0 unspecified atom stereocenters. The van der Waals surface area contributed by atoms with Crippen molar-refractivity contribution in [2.45, 2.75) is 13.3 Å². The van der Waals surface area contributed by atoms with E-state index in [0.717, 1.165) is 5.69 Å². The third kappa shape index (κ3) is 2.63. The number of halogens is 1. The topological polar surface area (TPSA) is 44.1 Å². The molecular formula is C14H15ClN2O2. The molecule has 0 amide bonds. The van der Waals surface area contributed by atoms with Crippen LogP contribution >= 0.6 is 11.6 Å². The first-order chi connectivity index (χ1) is 9.06. The van der Waals surface area contributed by atoms with Crippen molar-refractivity contribution in [1.82, 2.24) is 9.78 Å². The first kappa shape index (κ1) is 13.6. The maximum Gasteiger partial charge on any atom is 0.196 e. The maximum atomic E-state index is 12.5. The minimum Gasteiger partial charge on any atom is -0.495 e. The van der Waals surface area contributed by atoms with Crippen LogP contribution in [0.1, 0.15) is 28.5 Å². The van der Waals surface area contributed by atoms with Crippen LogP contribution in [0.25, 0.3) is 0 Å². The lowest BCUT2D eigenvalue weighted by atomic mass is 10.0. The van der Waals surface area contributed by atoms with Crippen molar-refractivity contribution in [3.8, 4) is 5.75 Å². The predicted molar refractivity (Wildman–Crippen MR) is 74.0 cm³/mol. The number of rotatable bonds is 4. The van der Waals surface area contributed by atoms with Gasteiger partial charge in [-0.25, -0.2) is 0 Å². The monoisotopic (exact) mass is 278 g/mol. The second kappa shape index (κ2) is 5.45. The number of carbonyl (C=O) groups excluding carboxylic acids is 1. The fourth-order valence-electron chi connectivity index (χ4n) is 1.94. The molecule has 0 aliphatic carbocycles. The summed E-state index contributed by atoms with van der Waals surface area (Å²) >= 11 is 5.96. The van der Waals surface area contributed by atoms with Gasteiger partial charge in [-0.3, -0.25) is 9.48 Å². The van der Waals surface area contributed by atoms with Gasteiger partial charge < -0.3 is 4.74 Å². The number of hydrogen-bond acceptors (Lipinski definition) is 3. The van der Waals surface area contributed by atoms with E-state index in [1.165, 1.54) is 7.11 Å². The van der Waals surface area contributed by atoms with E-state index in [0.29, 0.717) is 28.3 Å². The number of hydrogen-bond donors (Lipinski definition) is 0. The van der Waals surface area contributed by atoms with Gasteiger partial charge >= 0.3 is 0 Å². The Hall–Kier alpha value is -1.81. The zero-order valence-electron chi connectivity index (χ0n) is 11.1. The van der Waals surface area contributed by atoms with Crippen molar-refractivity contribution in [3.05, 3.63) is 46.2 Å². The number of methoxy groups -OCH3 is 1. The molecule has 4 nitrogen and oxygen atoms in total. The number of carbonyl (C=O) groups is 1. The van der Waals surface area contributed by atoms with Crippen LogP contribution in [0.4, 0.5) is 0 Å². The highest BCUT2D eigenvalue weighted by atomic mass is 35.5. The third-order valence-electron chi connectivity index (χ3n) is 2.90. The van der Waals surface area contributed by atoms with Crippen LogP contribution in [0.5, 0.6) is 5.75 Å². The SMILES string of the molecule is CCc1nn(C)cc1C(=O)c1ccc(Cl)c(OC)c1. The molecule has 0 atom stereocenters. The average molecular weight is 279 g/mol. The van der Waals surface area contributed by atoms with Crippen molar-refractivity contribution in [3.63, 3.8) is 0 Å². The second-order valence-electron chi connectivity index (χ2n) is 4.20. The van der Waals surface area contributed by atoms with Gasteiger partial charge in [0.25, 0.3) is 0 Å². The van der Waals surface area contributed by atoms with Crippen LogP contribution in [0.15, 0.2) is 24.4 Å². The molecule has 0 saturated heterocycles. The van der Waals surface area contributed by atoms with Gasteiger partial charge in [0.2, 0.25) is 0 Å². The number of ketones is 1. The standard InChI is InChI=1S/C14H15ClN2O2/c1-4-12-10(8-17(2)16-12)14(18)9-5-6-11(15)13(7-9)19-3/h5-8H,4H2,1-3H3. The summed E-state index contributed by atoms with van der Waals surface area (Å²) in [5, 5.41) is 4.76. The van der Waals surface area contributed by atoms with Gasteiger partial charge in [0.1, 0.15) is 5.75 Å². The minimum absolute atomic E-state index is 0.0695. The lowest BCUT2D eigenvalue weighted by Gasteiger charge is -2.05. The van der Waals surface area contributed by atoms with Crippen LogP contribution in [-0.2, 0) is 13.5 Å². The van der Waals surface area contributed by atoms with E-state index in [1.807, 2.05) is 6.92 Å². The third-order valence-corrected chi connectivity index (χ3v) is 3.21. The van der Waals surface area contributed by atoms with E-state index in [9.17, 15) is 4.79 Å². The molecule has 1 aromatic heterocycles. The minimum atomic E-state index is -0.0695. The lowest BCUT2D eigenvalue weighted by molar-refractivity contribution is 0.103. The highest BCUT2D eigenvalue weighted by Crippen LogP contribution is 2.26. The molecule has 2 aromatic rings. The van der Waals surface area contributed by atoms with Gasteiger partial charge in [-0.1, -0.05) is 18.5 Å². The Labute approximate surface area is 116 Å². The summed E-state index contributed by atoms with van der Waals surface area (Å²) in [4.78, 5) is 12.5. The smallest absolute Gasteiger partial charge is 0.196 e. The molecule has 2 rings (SSSR count). The summed E-state index contributed by atoms with van der Waals surface area (Å²) in [6.45, 7) is 1.97. The van der Waals surface area contributed by atoms with Crippen molar-refractivity contribution in [2.24, 2.45) is 7.05 Å².